The molecule has 0 saturated carbocycles. The Labute approximate surface area is 50.3 Å². The predicted octanol–water partition coefficient (Wildman–Crippen LogP) is 1.74. The van der Waals surface area contributed by atoms with Crippen LogP contribution < -0.4 is 0 Å². The van der Waals surface area contributed by atoms with Crippen molar-refractivity contribution in [2.45, 2.75) is 25.9 Å². The topological polar surface area (TPSA) is 9.23 Å². The Balaban J connectivity index is 2.32. The van der Waals surface area contributed by atoms with Crippen molar-refractivity contribution in [2.75, 3.05) is 7.11 Å². The molecule has 1 unspecified atom stereocenters. The van der Waals surface area contributed by atoms with Crippen molar-refractivity contribution in [1.82, 2.24) is 0 Å². The van der Waals surface area contributed by atoms with E-state index in [1.807, 2.05) is 0 Å². The summed E-state index contributed by atoms with van der Waals surface area (Å²) in [6, 6.07) is 0. The molecular weight excluding hydrogens is 100 g/mol. The van der Waals surface area contributed by atoms with Gasteiger partial charge in [-0.05, 0) is 19.8 Å². The Morgan fingerprint density at radius 2 is 2.50 bits per heavy atom. The largest absolute Gasteiger partial charge is 0.381 e. The molecule has 1 aliphatic carbocycles. The van der Waals surface area contributed by atoms with Gasteiger partial charge in [-0.15, -0.1) is 0 Å². The summed E-state index contributed by atoms with van der Waals surface area (Å²) in [7, 11) is 1.77. The molecule has 1 nitrogen and oxygen atoms in total. The van der Waals surface area contributed by atoms with Gasteiger partial charge in [0.1, 0.15) is 0 Å². The van der Waals surface area contributed by atoms with Gasteiger partial charge in [0.05, 0.1) is 6.10 Å². The van der Waals surface area contributed by atoms with Gasteiger partial charge in [0.2, 0.25) is 0 Å². The fraction of sp³-hybridized carbons (Fsp3) is 0.714. The molecule has 0 saturated heterocycles. The number of hydrogen-bond donors (Lipinski definition) is 0. The minimum Gasteiger partial charge on any atom is -0.381 e. The first kappa shape index (κ1) is 5.83. The molecule has 0 aliphatic heterocycles. The highest BCUT2D eigenvalue weighted by Crippen LogP contribution is 2.19. The molecule has 0 aromatic heterocycles. The monoisotopic (exact) mass is 112 g/mol. The van der Waals surface area contributed by atoms with Gasteiger partial charge in [0.15, 0.2) is 0 Å². The van der Waals surface area contributed by atoms with Crippen LogP contribution in [0, 0.1) is 0 Å². The first-order valence-electron chi connectivity index (χ1n) is 3.01. The van der Waals surface area contributed by atoms with Gasteiger partial charge >= 0.3 is 0 Å². The molecule has 1 atom stereocenters. The van der Waals surface area contributed by atoms with Crippen LogP contribution in [0.2, 0.25) is 0 Å². The van der Waals surface area contributed by atoms with Crippen molar-refractivity contribution in [1.29, 1.82) is 0 Å². The van der Waals surface area contributed by atoms with Crippen LogP contribution in [0.5, 0.6) is 0 Å². The van der Waals surface area contributed by atoms with E-state index in [9.17, 15) is 0 Å². The molecule has 0 N–H and O–H groups in total. The van der Waals surface area contributed by atoms with E-state index in [2.05, 4.69) is 13.0 Å². The lowest BCUT2D eigenvalue weighted by molar-refractivity contribution is 0.113. The smallest absolute Gasteiger partial charge is 0.0642 e. The maximum Gasteiger partial charge on any atom is 0.0642 e. The van der Waals surface area contributed by atoms with Crippen LogP contribution in [0.3, 0.4) is 0 Å². The number of rotatable bonds is 1. The third-order valence-electron chi connectivity index (χ3n) is 1.61. The van der Waals surface area contributed by atoms with E-state index < -0.39 is 0 Å². The van der Waals surface area contributed by atoms with Gasteiger partial charge < -0.3 is 4.74 Å². The van der Waals surface area contributed by atoms with E-state index in [1.54, 1.807) is 7.11 Å². The van der Waals surface area contributed by atoms with Crippen LogP contribution >= 0.6 is 0 Å². The van der Waals surface area contributed by atoms with E-state index in [0.29, 0.717) is 6.10 Å². The summed E-state index contributed by atoms with van der Waals surface area (Å²) in [5.41, 5.74) is 1.47. The van der Waals surface area contributed by atoms with Crippen LogP contribution in [0.4, 0.5) is 0 Å². The summed E-state index contributed by atoms with van der Waals surface area (Å²) >= 11 is 0. The summed E-state index contributed by atoms with van der Waals surface area (Å²) in [6.07, 6.45) is 4.97. The first-order valence-corrected chi connectivity index (χ1v) is 3.01. The standard InChI is InChI=1S/C7H12O/c1-6-3-4-7(5-6)8-2/h3,7H,4-5H2,1-2H3. The molecule has 0 bridgehead atoms. The highest BCUT2D eigenvalue weighted by molar-refractivity contribution is 5.07. The molecule has 0 fully saturated rings. The van der Waals surface area contributed by atoms with E-state index in [0.717, 1.165) is 12.8 Å². The third kappa shape index (κ3) is 1.10. The summed E-state index contributed by atoms with van der Waals surface area (Å²) in [6.45, 7) is 2.15. The number of ether oxygens (including phenoxy) is 1. The lowest BCUT2D eigenvalue weighted by Gasteiger charge is -2.04. The van der Waals surface area contributed by atoms with E-state index in [4.69, 9.17) is 4.74 Å². The Morgan fingerprint density at radius 3 is 2.75 bits per heavy atom. The van der Waals surface area contributed by atoms with Gasteiger partial charge in [-0.1, -0.05) is 11.6 Å². The summed E-state index contributed by atoms with van der Waals surface area (Å²) in [4.78, 5) is 0. The zero-order chi connectivity index (χ0) is 5.98. The van der Waals surface area contributed by atoms with Crippen LogP contribution in [0.25, 0.3) is 0 Å². The van der Waals surface area contributed by atoms with Crippen LogP contribution in [0.1, 0.15) is 19.8 Å². The Hall–Kier alpha value is -0.300. The molecule has 0 aromatic carbocycles. The lowest BCUT2D eigenvalue weighted by Crippen LogP contribution is -2.03. The molecule has 0 aromatic rings. The second-order valence-electron chi connectivity index (χ2n) is 2.35. The zero-order valence-corrected chi connectivity index (χ0v) is 5.48. The highest BCUT2D eigenvalue weighted by Gasteiger charge is 2.11. The SMILES string of the molecule is COC1CC=C(C)C1. The minimum atomic E-state index is 0.481. The Morgan fingerprint density at radius 1 is 1.75 bits per heavy atom. The molecule has 0 heterocycles. The van der Waals surface area contributed by atoms with E-state index in [1.165, 1.54) is 5.57 Å². The second kappa shape index (κ2) is 2.31. The van der Waals surface area contributed by atoms with Crippen LogP contribution in [-0.2, 0) is 4.74 Å². The molecule has 1 heteroatoms. The van der Waals surface area contributed by atoms with Crippen molar-refractivity contribution in [3.8, 4) is 0 Å². The molecule has 8 heavy (non-hydrogen) atoms. The molecule has 0 radical (unpaired) electrons. The average Bonchev–Trinajstić information content (AvgIpc) is 2.14. The van der Waals surface area contributed by atoms with Crippen molar-refractivity contribution < 1.29 is 4.74 Å². The lowest BCUT2D eigenvalue weighted by atomic mass is 10.2. The van der Waals surface area contributed by atoms with E-state index in [-0.39, 0.29) is 0 Å². The zero-order valence-electron chi connectivity index (χ0n) is 5.48. The predicted molar refractivity (Wildman–Crippen MR) is 33.8 cm³/mol. The maximum absolute atomic E-state index is 5.13. The van der Waals surface area contributed by atoms with Gasteiger partial charge in [-0.25, -0.2) is 0 Å². The number of methoxy groups -OCH3 is 1. The van der Waals surface area contributed by atoms with Crippen LogP contribution in [-0.4, -0.2) is 13.2 Å². The van der Waals surface area contributed by atoms with Crippen molar-refractivity contribution in [3.05, 3.63) is 11.6 Å². The quantitative estimate of drug-likeness (QED) is 0.469. The van der Waals surface area contributed by atoms with Gasteiger partial charge in [0, 0.05) is 7.11 Å². The van der Waals surface area contributed by atoms with Gasteiger partial charge in [-0.3, -0.25) is 0 Å². The fourth-order valence-corrected chi connectivity index (χ4v) is 1.04. The molecule has 46 valence electrons. The van der Waals surface area contributed by atoms with Crippen molar-refractivity contribution >= 4 is 0 Å². The van der Waals surface area contributed by atoms with Gasteiger partial charge in [0.25, 0.3) is 0 Å². The normalized spacial score (nSPS) is 28.2. The second-order valence-corrected chi connectivity index (χ2v) is 2.35. The van der Waals surface area contributed by atoms with Crippen LogP contribution in [0.15, 0.2) is 11.6 Å². The van der Waals surface area contributed by atoms with Gasteiger partial charge in [-0.2, -0.15) is 0 Å². The van der Waals surface area contributed by atoms with E-state index >= 15 is 0 Å². The Kier molecular flexibility index (Phi) is 1.69. The summed E-state index contributed by atoms with van der Waals surface area (Å²) < 4.78 is 5.13. The molecule has 0 spiro atoms. The summed E-state index contributed by atoms with van der Waals surface area (Å²) in [5.74, 6) is 0. The summed E-state index contributed by atoms with van der Waals surface area (Å²) in [5, 5.41) is 0. The number of hydrogen-bond acceptors (Lipinski definition) is 1. The molecule has 1 rings (SSSR count). The molecule has 1 aliphatic rings. The highest BCUT2D eigenvalue weighted by atomic mass is 16.5. The molecular formula is C7H12O. The maximum atomic E-state index is 5.13. The third-order valence-corrected chi connectivity index (χ3v) is 1.61. The van der Waals surface area contributed by atoms with Crippen molar-refractivity contribution in [2.24, 2.45) is 0 Å². The molecule has 0 amide bonds. The first-order chi connectivity index (χ1) is 3.83. The van der Waals surface area contributed by atoms with Crippen molar-refractivity contribution in [3.63, 3.8) is 0 Å². The minimum absolute atomic E-state index is 0.481. The fourth-order valence-electron chi connectivity index (χ4n) is 1.04. The Bertz CT molecular complexity index is 105. The average molecular weight is 112 g/mol.